The molecule has 29 heavy (non-hydrogen) atoms. The molecule has 3 aromatic rings. The predicted molar refractivity (Wildman–Crippen MR) is 108 cm³/mol. The highest BCUT2D eigenvalue weighted by Crippen LogP contribution is 2.33. The Morgan fingerprint density at radius 2 is 1.90 bits per heavy atom. The van der Waals surface area contributed by atoms with E-state index in [0.29, 0.717) is 22.4 Å². The van der Waals surface area contributed by atoms with Crippen molar-refractivity contribution in [2.24, 2.45) is 0 Å². The minimum absolute atomic E-state index is 0.283. The van der Waals surface area contributed by atoms with Gasteiger partial charge in [-0.2, -0.15) is 0 Å². The van der Waals surface area contributed by atoms with Crippen molar-refractivity contribution in [1.29, 1.82) is 0 Å². The van der Waals surface area contributed by atoms with E-state index in [-0.39, 0.29) is 11.5 Å². The van der Waals surface area contributed by atoms with Gasteiger partial charge in [-0.15, -0.1) is 0 Å². The van der Waals surface area contributed by atoms with E-state index in [9.17, 15) is 14.4 Å². The van der Waals surface area contributed by atoms with E-state index in [1.807, 2.05) is 12.1 Å². The maximum Gasteiger partial charge on any atom is 0.343 e. The zero-order chi connectivity index (χ0) is 20.6. The summed E-state index contributed by atoms with van der Waals surface area (Å²) in [6, 6.07) is 14.1. The zero-order valence-corrected chi connectivity index (χ0v) is 15.8. The average Bonchev–Trinajstić information content (AvgIpc) is 2.70. The van der Waals surface area contributed by atoms with Gasteiger partial charge in [-0.3, -0.25) is 4.79 Å². The maximum atomic E-state index is 13.0. The summed E-state index contributed by atoms with van der Waals surface area (Å²) in [4.78, 5) is 37.0. The first-order valence-corrected chi connectivity index (χ1v) is 8.94. The Bertz CT molecular complexity index is 1230. The molecule has 1 aliphatic heterocycles. The number of amides is 1. The van der Waals surface area contributed by atoms with Gasteiger partial charge in [-0.05, 0) is 36.8 Å². The molecule has 1 unspecified atom stereocenters. The number of para-hydroxylation sites is 1. The molecule has 0 spiro atoms. The van der Waals surface area contributed by atoms with Crippen molar-refractivity contribution in [3.63, 3.8) is 0 Å². The number of esters is 1. The van der Waals surface area contributed by atoms with E-state index in [2.05, 4.69) is 15.4 Å². The van der Waals surface area contributed by atoms with Gasteiger partial charge in [0.2, 0.25) is 0 Å². The van der Waals surface area contributed by atoms with E-state index in [0.717, 1.165) is 5.39 Å². The van der Waals surface area contributed by atoms with Crippen LogP contribution in [0.1, 0.15) is 28.4 Å². The summed E-state index contributed by atoms with van der Waals surface area (Å²) >= 11 is 0. The second kappa shape index (κ2) is 6.94. The molecule has 0 saturated carbocycles. The molecule has 1 aliphatic rings. The van der Waals surface area contributed by atoms with Crippen LogP contribution < -0.4 is 16.3 Å². The molecule has 1 amide bonds. The van der Waals surface area contributed by atoms with Gasteiger partial charge in [0.05, 0.1) is 18.2 Å². The van der Waals surface area contributed by atoms with Crippen LogP contribution in [0.2, 0.25) is 0 Å². The van der Waals surface area contributed by atoms with E-state index in [4.69, 9.17) is 4.42 Å². The van der Waals surface area contributed by atoms with E-state index >= 15 is 0 Å². The third-order valence-electron chi connectivity index (χ3n) is 4.85. The largest absolute Gasteiger partial charge is 0.466 e. The number of carbonyl (C=O) groups is 2. The monoisotopic (exact) mass is 390 g/mol. The summed E-state index contributed by atoms with van der Waals surface area (Å²) in [5, 5.41) is 6.83. The Morgan fingerprint density at radius 3 is 2.69 bits per heavy atom. The van der Waals surface area contributed by atoms with Crippen molar-refractivity contribution in [2.75, 3.05) is 12.4 Å². The zero-order valence-electron chi connectivity index (χ0n) is 15.8. The number of fused-ring (bicyclic) bond motifs is 2. The number of hydrogen-bond acceptors (Lipinski definition) is 6. The fourth-order valence-electron chi connectivity index (χ4n) is 3.43. The van der Waals surface area contributed by atoms with Crippen LogP contribution in [0.3, 0.4) is 0 Å². The van der Waals surface area contributed by atoms with Crippen molar-refractivity contribution >= 4 is 34.6 Å². The third-order valence-corrected chi connectivity index (χ3v) is 4.85. The highest BCUT2D eigenvalue weighted by atomic mass is 16.5. The molecular weight excluding hydrogens is 372 g/mol. The van der Waals surface area contributed by atoms with E-state index in [1.165, 1.54) is 19.3 Å². The van der Waals surface area contributed by atoms with Gasteiger partial charge in [0.1, 0.15) is 11.2 Å². The molecule has 0 fully saturated rings. The van der Waals surface area contributed by atoms with E-state index < -0.39 is 17.3 Å². The number of nitrogens with one attached hydrogen (secondary N) is 2. The summed E-state index contributed by atoms with van der Waals surface area (Å²) in [7, 11) is 1.28. The van der Waals surface area contributed by atoms with Crippen LogP contribution in [-0.2, 0) is 15.2 Å². The molecule has 0 aliphatic carbocycles. The maximum absolute atomic E-state index is 13.0. The van der Waals surface area contributed by atoms with Gasteiger partial charge in [-0.25, -0.2) is 9.59 Å². The van der Waals surface area contributed by atoms with Crippen LogP contribution in [0.4, 0.5) is 5.69 Å². The Labute approximate surface area is 166 Å². The van der Waals surface area contributed by atoms with Crippen LogP contribution in [0.5, 0.6) is 0 Å². The minimum atomic E-state index is -1.17. The first kappa shape index (κ1) is 18.5. The lowest BCUT2D eigenvalue weighted by molar-refractivity contribution is -0.134. The number of methoxy groups -OCH3 is 1. The number of rotatable bonds is 3. The van der Waals surface area contributed by atoms with Gasteiger partial charge >= 0.3 is 11.6 Å². The smallest absolute Gasteiger partial charge is 0.343 e. The Hall–Kier alpha value is -3.87. The molecular formula is C22H18N2O5. The highest BCUT2D eigenvalue weighted by Gasteiger charge is 2.38. The van der Waals surface area contributed by atoms with Crippen LogP contribution >= 0.6 is 0 Å². The SMILES string of the molecule is COC(=O)/C=C/c1cccc2c1C(=O)NC(C)(c1cc3ccccc3oc1=O)N2. The standard InChI is InChI=1S/C22H18N2O5/c1-22(15-12-14-6-3-4-9-17(14)29-21(15)27)23-16-8-5-7-13(10-11-18(25)28-2)19(16)20(26)24-22/h3-12,23H,1-2H3,(H,24,26)/b11-10+. The van der Waals surface area contributed by atoms with Gasteiger partial charge in [0.15, 0.2) is 0 Å². The number of benzene rings is 2. The van der Waals surface area contributed by atoms with Gasteiger partial charge in [0, 0.05) is 17.1 Å². The van der Waals surface area contributed by atoms with Crippen LogP contribution in [0.15, 0.2) is 63.8 Å². The normalized spacial score (nSPS) is 18.2. The molecule has 0 radical (unpaired) electrons. The quantitative estimate of drug-likeness (QED) is 0.405. The Balaban J connectivity index is 1.79. The first-order valence-electron chi connectivity index (χ1n) is 8.94. The lowest BCUT2D eigenvalue weighted by atomic mass is 9.94. The molecule has 0 bridgehead atoms. The van der Waals surface area contributed by atoms with Gasteiger partial charge in [-0.1, -0.05) is 30.3 Å². The fraction of sp³-hybridized carbons (Fsp3) is 0.136. The molecule has 146 valence electrons. The summed E-state index contributed by atoms with van der Waals surface area (Å²) in [6.45, 7) is 1.70. The molecule has 0 saturated heterocycles. The minimum Gasteiger partial charge on any atom is -0.466 e. The van der Waals surface area contributed by atoms with Crippen LogP contribution in [0, 0.1) is 0 Å². The van der Waals surface area contributed by atoms with E-state index in [1.54, 1.807) is 43.3 Å². The Morgan fingerprint density at radius 1 is 1.10 bits per heavy atom. The van der Waals surface area contributed by atoms with Crippen molar-refractivity contribution < 1.29 is 18.7 Å². The predicted octanol–water partition coefficient (Wildman–Crippen LogP) is 3.01. The summed E-state index contributed by atoms with van der Waals surface area (Å²) in [5.41, 5.74) is 0.508. The fourth-order valence-corrected chi connectivity index (χ4v) is 3.43. The van der Waals surface area contributed by atoms with Crippen molar-refractivity contribution in [2.45, 2.75) is 12.6 Å². The number of ether oxygens (including phenoxy) is 1. The topological polar surface area (TPSA) is 97.6 Å². The molecule has 1 atom stereocenters. The van der Waals surface area contributed by atoms with Crippen molar-refractivity contribution in [3.05, 3.63) is 81.7 Å². The second-order valence-electron chi connectivity index (χ2n) is 6.82. The number of carbonyl (C=O) groups excluding carboxylic acids is 2. The first-order chi connectivity index (χ1) is 13.9. The van der Waals surface area contributed by atoms with Crippen molar-refractivity contribution in [3.8, 4) is 0 Å². The lowest BCUT2D eigenvalue weighted by Crippen LogP contribution is -2.55. The molecule has 4 rings (SSSR count). The molecule has 2 heterocycles. The third kappa shape index (κ3) is 3.27. The van der Waals surface area contributed by atoms with Crippen molar-refractivity contribution in [1.82, 2.24) is 5.32 Å². The van der Waals surface area contributed by atoms with Gasteiger partial charge < -0.3 is 19.8 Å². The Kier molecular flexibility index (Phi) is 4.43. The molecule has 2 N–H and O–H groups in total. The lowest BCUT2D eigenvalue weighted by Gasteiger charge is -2.37. The summed E-state index contributed by atoms with van der Waals surface area (Å²) < 4.78 is 10.0. The number of anilines is 1. The highest BCUT2D eigenvalue weighted by molar-refractivity contribution is 6.06. The number of hydrogen-bond donors (Lipinski definition) is 2. The summed E-state index contributed by atoms with van der Waals surface area (Å²) in [5.74, 6) is -0.899. The molecule has 2 aromatic carbocycles. The average molecular weight is 390 g/mol. The van der Waals surface area contributed by atoms with Crippen LogP contribution in [0.25, 0.3) is 17.0 Å². The van der Waals surface area contributed by atoms with Crippen LogP contribution in [-0.4, -0.2) is 19.0 Å². The molecule has 1 aromatic heterocycles. The van der Waals surface area contributed by atoms with Gasteiger partial charge in [0.25, 0.3) is 5.91 Å². The second-order valence-corrected chi connectivity index (χ2v) is 6.82. The summed E-state index contributed by atoms with van der Waals surface area (Å²) in [6.07, 6.45) is 2.76. The molecule has 7 nitrogen and oxygen atoms in total. The molecule has 7 heteroatoms.